The average molecular weight is 408 g/mol. The molecule has 1 aromatic carbocycles. The zero-order chi connectivity index (χ0) is 18.3. The van der Waals surface area contributed by atoms with Crippen molar-refractivity contribution in [2.75, 3.05) is 32.0 Å². The minimum Gasteiger partial charge on any atom is -0.382 e. The Balaban J connectivity index is 0.00000210. The first-order valence-electron chi connectivity index (χ1n) is 8.29. The number of amides is 1. The van der Waals surface area contributed by atoms with Gasteiger partial charge in [-0.3, -0.25) is 4.79 Å². The highest BCUT2D eigenvalue weighted by Crippen LogP contribution is 2.33. The summed E-state index contributed by atoms with van der Waals surface area (Å²) in [6.45, 7) is 2.12. The number of hydrogen-bond acceptors (Lipinski definition) is 5. The van der Waals surface area contributed by atoms with E-state index in [-0.39, 0.29) is 24.1 Å². The van der Waals surface area contributed by atoms with Gasteiger partial charge in [-0.1, -0.05) is 23.7 Å². The van der Waals surface area contributed by atoms with Crippen LogP contribution in [0.25, 0.3) is 22.3 Å². The van der Waals surface area contributed by atoms with Crippen LogP contribution in [0.4, 0.5) is 5.82 Å². The van der Waals surface area contributed by atoms with Gasteiger partial charge in [0.15, 0.2) is 5.82 Å². The average Bonchev–Trinajstić information content (AvgIpc) is 3.04. The summed E-state index contributed by atoms with van der Waals surface area (Å²) >= 11 is 6.16. The highest BCUT2D eigenvalue weighted by molar-refractivity contribution is 6.31. The zero-order valence-corrected chi connectivity index (χ0v) is 16.3. The van der Waals surface area contributed by atoms with Crippen LogP contribution in [0.1, 0.15) is 10.4 Å². The Morgan fingerprint density at radius 3 is 2.74 bits per heavy atom. The minimum atomic E-state index is -0.107. The number of morpholine rings is 1. The van der Waals surface area contributed by atoms with Crippen molar-refractivity contribution in [2.45, 2.75) is 0 Å². The quantitative estimate of drug-likeness (QED) is 0.705. The fraction of sp³-hybridized carbons (Fsp3) is 0.278. The molecule has 7 nitrogen and oxygen atoms in total. The van der Waals surface area contributed by atoms with E-state index in [1.165, 1.54) is 0 Å². The van der Waals surface area contributed by atoms with E-state index >= 15 is 0 Å². The highest BCUT2D eigenvalue weighted by atomic mass is 35.5. The second kappa shape index (κ2) is 7.72. The molecule has 0 aliphatic carbocycles. The van der Waals surface area contributed by atoms with Gasteiger partial charge < -0.3 is 19.9 Å². The molecule has 1 aliphatic heterocycles. The number of nitrogens with two attached hydrogens (primary N) is 1. The summed E-state index contributed by atoms with van der Waals surface area (Å²) in [6, 6.07) is 7.25. The van der Waals surface area contributed by atoms with Crippen LogP contribution in [0, 0.1) is 0 Å². The number of hydrogen-bond donors (Lipinski definition) is 1. The molecular formula is C18H19Cl2N5O2. The van der Waals surface area contributed by atoms with Crippen molar-refractivity contribution >= 4 is 46.8 Å². The van der Waals surface area contributed by atoms with Gasteiger partial charge in [0.05, 0.1) is 36.3 Å². The number of rotatable bonds is 2. The van der Waals surface area contributed by atoms with Gasteiger partial charge in [-0.25, -0.2) is 9.97 Å². The maximum absolute atomic E-state index is 13.4. The lowest BCUT2D eigenvalue weighted by atomic mass is 10.0. The number of fused-ring (bicyclic) bond motifs is 1. The van der Waals surface area contributed by atoms with Crippen molar-refractivity contribution in [3.05, 3.63) is 41.2 Å². The van der Waals surface area contributed by atoms with Crippen molar-refractivity contribution in [2.24, 2.45) is 7.05 Å². The van der Waals surface area contributed by atoms with E-state index in [1.807, 2.05) is 19.2 Å². The van der Waals surface area contributed by atoms with Crippen LogP contribution >= 0.6 is 24.0 Å². The molecule has 0 unspecified atom stereocenters. The molecule has 3 aromatic rings. The van der Waals surface area contributed by atoms with Crippen LogP contribution in [-0.4, -0.2) is 51.6 Å². The monoisotopic (exact) mass is 407 g/mol. The maximum Gasteiger partial charge on any atom is 0.258 e. The lowest BCUT2D eigenvalue weighted by Gasteiger charge is -2.28. The molecule has 1 fully saturated rings. The van der Waals surface area contributed by atoms with Crippen molar-refractivity contribution in [1.82, 2.24) is 19.4 Å². The Kier molecular flexibility index (Phi) is 5.55. The first-order valence-corrected chi connectivity index (χ1v) is 8.67. The van der Waals surface area contributed by atoms with E-state index in [9.17, 15) is 4.79 Å². The molecule has 9 heteroatoms. The smallest absolute Gasteiger partial charge is 0.258 e. The van der Waals surface area contributed by atoms with Crippen molar-refractivity contribution < 1.29 is 9.53 Å². The number of imidazole rings is 1. The van der Waals surface area contributed by atoms with Crippen molar-refractivity contribution in [3.8, 4) is 11.3 Å². The largest absolute Gasteiger partial charge is 0.382 e. The fourth-order valence-corrected chi connectivity index (χ4v) is 3.42. The van der Waals surface area contributed by atoms with E-state index in [0.29, 0.717) is 53.6 Å². The number of aromatic nitrogens is 3. The third kappa shape index (κ3) is 3.45. The molecule has 0 atom stereocenters. The van der Waals surface area contributed by atoms with Crippen LogP contribution in [0.5, 0.6) is 0 Å². The number of aryl methyl sites for hydroxylation is 1. The second-order valence-corrected chi connectivity index (χ2v) is 6.62. The van der Waals surface area contributed by atoms with Crippen LogP contribution in [0.2, 0.25) is 5.02 Å². The molecule has 3 heterocycles. The molecular weight excluding hydrogens is 389 g/mol. The molecule has 27 heavy (non-hydrogen) atoms. The standard InChI is InChI=1S/C18H18ClN5O2.ClH/c1-23-10-21-15-16(23)13(18(25)24-5-7-26-8-6-24)14(22-17(15)20)11-3-2-4-12(19)9-11;/h2-4,9-10H,5-8H2,1H3,(H2,20,22);1H. The van der Waals surface area contributed by atoms with Gasteiger partial charge in [-0.15, -0.1) is 12.4 Å². The summed E-state index contributed by atoms with van der Waals surface area (Å²) in [6.07, 6.45) is 1.64. The first-order chi connectivity index (χ1) is 12.6. The predicted octanol–water partition coefficient (Wildman–Crippen LogP) is 2.77. The number of halogens is 2. The maximum atomic E-state index is 13.4. The Morgan fingerprint density at radius 1 is 1.30 bits per heavy atom. The van der Waals surface area contributed by atoms with Gasteiger partial charge in [0.25, 0.3) is 5.91 Å². The second-order valence-electron chi connectivity index (χ2n) is 6.19. The van der Waals surface area contributed by atoms with Crippen molar-refractivity contribution in [3.63, 3.8) is 0 Å². The third-order valence-corrected chi connectivity index (χ3v) is 4.73. The van der Waals surface area contributed by atoms with Gasteiger partial charge >= 0.3 is 0 Å². The Morgan fingerprint density at radius 2 is 2.04 bits per heavy atom. The van der Waals surface area contributed by atoms with Gasteiger partial charge in [0.2, 0.25) is 0 Å². The molecule has 0 spiro atoms. The van der Waals surface area contributed by atoms with Crippen molar-refractivity contribution in [1.29, 1.82) is 0 Å². The van der Waals surface area contributed by atoms with Gasteiger partial charge in [0, 0.05) is 30.7 Å². The fourth-order valence-electron chi connectivity index (χ4n) is 3.23. The molecule has 2 aromatic heterocycles. The topological polar surface area (TPSA) is 86.3 Å². The third-order valence-electron chi connectivity index (χ3n) is 4.50. The van der Waals surface area contributed by atoms with E-state index < -0.39 is 0 Å². The Labute approximate surface area is 167 Å². The van der Waals surface area contributed by atoms with Crippen LogP contribution < -0.4 is 5.73 Å². The summed E-state index contributed by atoms with van der Waals surface area (Å²) in [5.41, 5.74) is 9.06. The number of pyridine rings is 1. The molecule has 142 valence electrons. The zero-order valence-electron chi connectivity index (χ0n) is 14.7. The molecule has 2 N–H and O–H groups in total. The Hall–Kier alpha value is -2.35. The number of nitrogens with zero attached hydrogens (tertiary/aromatic N) is 4. The summed E-state index contributed by atoms with van der Waals surface area (Å²) in [5.74, 6) is 0.179. The summed E-state index contributed by atoms with van der Waals surface area (Å²) < 4.78 is 7.17. The number of anilines is 1. The molecule has 0 radical (unpaired) electrons. The number of carbonyl (C=O) groups is 1. The Bertz CT molecular complexity index is 999. The molecule has 1 amide bonds. The highest BCUT2D eigenvalue weighted by Gasteiger charge is 2.28. The van der Waals surface area contributed by atoms with E-state index in [4.69, 9.17) is 22.1 Å². The van der Waals surface area contributed by atoms with Crippen LogP contribution in [-0.2, 0) is 11.8 Å². The molecule has 0 bridgehead atoms. The van der Waals surface area contributed by atoms with E-state index in [2.05, 4.69) is 9.97 Å². The normalized spacial score (nSPS) is 14.2. The minimum absolute atomic E-state index is 0. The number of benzene rings is 1. The van der Waals surface area contributed by atoms with E-state index in [1.54, 1.807) is 27.9 Å². The molecule has 0 saturated carbocycles. The molecule has 1 saturated heterocycles. The summed E-state index contributed by atoms with van der Waals surface area (Å²) in [4.78, 5) is 24.0. The lowest BCUT2D eigenvalue weighted by Crippen LogP contribution is -2.41. The predicted molar refractivity (Wildman–Crippen MR) is 107 cm³/mol. The number of nitrogen functional groups attached to an aromatic ring is 1. The van der Waals surface area contributed by atoms with Gasteiger partial charge in [-0.2, -0.15) is 0 Å². The number of carbonyl (C=O) groups excluding carboxylic acids is 1. The van der Waals surface area contributed by atoms with Crippen LogP contribution in [0.3, 0.4) is 0 Å². The molecule has 4 rings (SSSR count). The summed E-state index contributed by atoms with van der Waals surface area (Å²) in [7, 11) is 1.84. The summed E-state index contributed by atoms with van der Waals surface area (Å²) in [5, 5.41) is 0.567. The SMILES string of the molecule is Cl.Cn1cnc2c(N)nc(-c3cccc(Cl)c3)c(C(=O)N3CCOCC3)c21. The number of ether oxygens (including phenoxy) is 1. The van der Waals surface area contributed by atoms with Gasteiger partial charge in [-0.05, 0) is 12.1 Å². The van der Waals surface area contributed by atoms with E-state index in [0.717, 1.165) is 5.56 Å². The lowest BCUT2D eigenvalue weighted by molar-refractivity contribution is 0.0304. The van der Waals surface area contributed by atoms with Crippen LogP contribution in [0.15, 0.2) is 30.6 Å². The van der Waals surface area contributed by atoms with Gasteiger partial charge in [0.1, 0.15) is 5.52 Å². The first kappa shape index (κ1) is 19.4. The molecule has 1 aliphatic rings.